The number of hydrogen-bond acceptors (Lipinski definition) is 5. The maximum atomic E-state index is 12.2. The molecule has 1 aromatic heterocycles. The van der Waals surface area contributed by atoms with E-state index >= 15 is 0 Å². The highest BCUT2D eigenvalue weighted by molar-refractivity contribution is 7.91. The number of sulfone groups is 1. The SMILES string of the molecule is CCS(=O)(=O)CCNc1ccc(C(F)(F)F)nn1. The quantitative estimate of drug-likeness (QED) is 0.883. The average Bonchev–Trinajstić information content (AvgIpc) is 2.28. The number of nitrogens with one attached hydrogen (secondary N) is 1. The van der Waals surface area contributed by atoms with Crippen LogP contribution < -0.4 is 5.32 Å². The van der Waals surface area contributed by atoms with Crippen LogP contribution in [0.25, 0.3) is 0 Å². The second kappa shape index (κ2) is 5.51. The Bertz CT molecular complexity index is 485. The highest BCUT2D eigenvalue weighted by Gasteiger charge is 2.32. The van der Waals surface area contributed by atoms with Gasteiger partial charge in [-0.05, 0) is 12.1 Å². The van der Waals surface area contributed by atoms with Crippen LogP contribution in [0.4, 0.5) is 19.0 Å². The molecule has 0 radical (unpaired) electrons. The molecule has 9 heteroatoms. The van der Waals surface area contributed by atoms with Gasteiger partial charge in [0.25, 0.3) is 0 Å². The van der Waals surface area contributed by atoms with Gasteiger partial charge < -0.3 is 5.32 Å². The van der Waals surface area contributed by atoms with E-state index in [0.717, 1.165) is 12.1 Å². The number of alkyl halides is 3. The minimum absolute atomic E-state index is 0.0212. The highest BCUT2D eigenvalue weighted by atomic mass is 32.2. The molecule has 0 spiro atoms. The number of aromatic nitrogens is 2. The highest BCUT2D eigenvalue weighted by Crippen LogP contribution is 2.26. The molecule has 0 aliphatic carbocycles. The van der Waals surface area contributed by atoms with Gasteiger partial charge >= 0.3 is 6.18 Å². The molecule has 0 bridgehead atoms. The van der Waals surface area contributed by atoms with Gasteiger partial charge in [-0.2, -0.15) is 13.2 Å². The van der Waals surface area contributed by atoms with E-state index < -0.39 is 21.7 Å². The summed E-state index contributed by atoms with van der Waals surface area (Å²) in [5.74, 6) is 0.0221. The summed E-state index contributed by atoms with van der Waals surface area (Å²) in [6.07, 6.45) is -4.53. The maximum Gasteiger partial charge on any atom is 0.435 e. The largest absolute Gasteiger partial charge is 0.435 e. The first-order valence-corrected chi connectivity index (χ1v) is 6.92. The van der Waals surface area contributed by atoms with Gasteiger partial charge in [-0.3, -0.25) is 0 Å². The number of rotatable bonds is 5. The molecule has 1 aromatic rings. The molecule has 1 rings (SSSR count). The lowest BCUT2D eigenvalue weighted by molar-refractivity contribution is -0.141. The van der Waals surface area contributed by atoms with Crippen LogP contribution in [0.3, 0.4) is 0 Å². The zero-order valence-electron chi connectivity index (χ0n) is 9.53. The summed E-state index contributed by atoms with van der Waals surface area (Å²) >= 11 is 0. The normalized spacial score (nSPS) is 12.4. The van der Waals surface area contributed by atoms with Gasteiger partial charge in [-0.15, -0.1) is 10.2 Å². The van der Waals surface area contributed by atoms with E-state index in [1.54, 1.807) is 0 Å². The van der Waals surface area contributed by atoms with E-state index in [4.69, 9.17) is 0 Å². The summed E-state index contributed by atoms with van der Waals surface area (Å²) < 4.78 is 58.8. The number of nitrogens with zero attached hydrogens (tertiary/aromatic N) is 2. The summed E-state index contributed by atoms with van der Waals surface area (Å²) in [6, 6.07) is 1.89. The van der Waals surface area contributed by atoms with Crippen molar-refractivity contribution in [1.29, 1.82) is 0 Å². The molecule has 1 N–H and O–H groups in total. The van der Waals surface area contributed by atoms with Crippen molar-refractivity contribution in [1.82, 2.24) is 10.2 Å². The van der Waals surface area contributed by atoms with Crippen molar-refractivity contribution in [2.24, 2.45) is 0 Å². The van der Waals surface area contributed by atoms with Crippen molar-refractivity contribution in [3.8, 4) is 0 Å². The second-order valence-corrected chi connectivity index (χ2v) is 5.94. The first-order valence-electron chi connectivity index (χ1n) is 5.10. The first-order chi connectivity index (χ1) is 8.24. The monoisotopic (exact) mass is 283 g/mol. The number of hydrogen-bond donors (Lipinski definition) is 1. The van der Waals surface area contributed by atoms with Crippen molar-refractivity contribution in [3.63, 3.8) is 0 Å². The molecule has 18 heavy (non-hydrogen) atoms. The summed E-state index contributed by atoms with van der Waals surface area (Å²) in [4.78, 5) is 0. The first kappa shape index (κ1) is 14.7. The molecule has 0 fully saturated rings. The molecular formula is C9H12F3N3O2S. The number of halogens is 3. The van der Waals surface area contributed by atoms with Gasteiger partial charge in [0.05, 0.1) is 5.75 Å². The molecule has 0 aromatic carbocycles. The zero-order chi connectivity index (χ0) is 13.8. The van der Waals surface area contributed by atoms with Gasteiger partial charge in [0, 0.05) is 12.3 Å². The fraction of sp³-hybridized carbons (Fsp3) is 0.556. The van der Waals surface area contributed by atoms with Gasteiger partial charge in [0.1, 0.15) is 5.82 Å². The lowest BCUT2D eigenvalue weighted by Gasteiger charge is -2.07. The zero-order valence-corrected chi connectivity index (χ0v) is 10.3. The van der Waals surface area contributed by atoms with E-state index in [0.29, 0.717) is 0 Å². The van der Waals surface area contributed by atoms with Crippen molar-refractivity contribution in [3.05, 3.63) is 17.8 Å². The molecule has 102 valence electrons. The summed E-state index contributed by atoms with van der Waals surface area (Å²) in [7, 11) is -3.11. The third-order valence-corrected chi connectivity index (χ3v) is 3.82. The van der Waals surface area contributed by atoms with Crippen LogP contribution >= 0.6 is 0 Å². The van der Waals surface area contributed by atoms with Crippen molar-refractivity contribution < 1.29 is 21.6 Å². The Labute approximate surface area is 102 Å². The van der Waals surface area contributed by atoms with Crippen molar-refractivity contribution in [2.45, 2.75) is 13.1 Å². The predicted octanol–water partition coefficient (Wildman–Crippen LogP) is 1.34. The maximum absolute atomic E-state index is 12.2. The molecule has 0 unspecified atom stereocenters. The smallest absolute Gasteiger partial charge is 0.368 e. The Morgan fingerprint density at radius 1 is 1.28 bits per heavy atom. The van der Waals surface area contributed by atoms with Gasteiger partial charge in [-0.1, -0.05) is 6.92 Å². The Kier molecular flexibility index (Phi) is 4.49. The third kappa shape index (κ3) is 4.47. The lowest BCUT2D eigenvalue weighted by Crippen LogP contribution is -2.18. The Balaban J connectivity index is 2.55. The number of anilines is 1. The molecule has 1 heterocycles. The van der Waals surface area contributed by atoms with Crippen LogP contribution in [0.15, 0.2) is 12.1 Å². The lowest BCUT2D eigenvalue weighted by atomic mass is 10.4. The molecule has 0 atom stereocenters. The molecular weight excluding hydrogens is 271 g/mol. The minimum atomic E-state index is -4.53. The van der Waals surface area contributed by atoms with E-state index in [1.165, 1.54) is 6.92 Å². The molecule has 0 aliphatic heterocycles. The minimum Gasteiger partial charge on any atom is -0.368 e. The van der Waals surface area contributed by atoms with Crippen LogP contribution in [-0.2, 0) is 16.0 Å². The van der Waals surface area contributed by atoms with E-state index in [2.05, 4.69) is 15.5 Å². The van der Waals surface area contributed by atoms with E-state index in [-0.39, 0.29) is 23.9 Å². The van der Waals surface area contributed by atoms with E-state index in [9.17, 15) is 21.6 Å². The average molecular weight is 283 g/mol. The Morgan fingerprint density at radius 2 is 1.94 bits per heavy atom. The van der Waals surface area contributed by atoms with Gasteiger partial charge in [0.2, 0.25) is 0 Å². The van der Waals surface area contributed by atoms with Crippen LogP contribution in [-0.4, -0.2) is 36.7 Å². The van der Waals surface area contributed by atoms with Crippen molar-refractivity contribution in [2.75, 3.05) is 23.4 Å². The summed E-state index contributed by atoms with van der Waals surface area (Å²) in [5, 5.41) is 8.91. The topological polar surface area (TPSA) is 72.0 Å². The molecule has 5 nitrogen and oxygen atoms in total. The van der Waals surface area contributed by atoms with Crippen molar-refractivity contribution >= 4 is 15.7 Å². The van der Waals surface area contributed by atoms with E-state index in [1.807, 2.05) is 0 Å². The molecule has 0 amide bonds. The Hall–Kier alpha value is -1.38. The fourth-order valence-electron chi connectivity index (χ4n) is 1.06. The predicted molar refractivity (Wildman–Crippen MR) is 59.9 cm³/mol. The van der Waals surface area contributed by atoms with Gasteiger partial charge in [0.15, 0.2) is 15.5 Å². The standard InChI is InChI=1S/C9H12F3N3O2S/c1-2-18(16,17)6-5-13-8-4-3-7(14-15-8)9(10,11)12/h3-4H,2,5-6H2,1H3,(H,13,15). The van der Waals surface area contributed by atoms with Crippen LogP contribution in [0.2, 0.25) is 0 Å². The van der Waals surface area contributed by atoms with Crippen LogP contribution in [0.1, 0.15) is 12.6 Å². The van der Waals surface area contributed by atoms with Gasteiger partial charge in [-0.25, -0.2) is 8.42 Å². The molecule has 0 saturated heterocycles. The molecule has 0 saturated carbocycles. The summed E-state index contributed by atoms with van der Waals surface area (Å²) in [5.41, 5.74) is -1.09. The second-order valence-electron chi connectivity index (χ2n) is 3.46. The third-order valence-electron chi connectivity index (χ3n) is 2.11. The van der Waals surface area contributed by atoms with Crippen LogP contribution in [0.5, 0.6) is 0 Å². The molecule has 0 aliphatic rings. The van der Waals surface area contributed by atoms with Crippen LogP contribution in [0, 0.1) is 0 Å². The summed E-state index contributed by atoms with van der Waals surface area (Å²) in [6.45, 7) is 1.60. The fourth-order valence-corrected chi connectivity index (χ4v) is 1.76. The Morgan fingerprint density at radius 3 is 2.39 bits per heavy atom.